The first-order valence-electron chi connectivity index (χ1n) is 5.08. The van der Waals surface area contributed by atoms with Crippen LogP contribution < -0.4 is 0 Å². The minimum Gasteiger partial charge on any atom is -0.478 e. The molecular weight excluding hydrogens is 208 g/mol. The largest absolute Gasteiger partial charge is 0.478 e. The van der Waals surface area contributed by atoms with Crippen LogP contribution in [0.4, 0.5) is 0 Å². The highest BCUT2D eigenvalue weighted by molar-refractivity contribution is 5.89. The highest BCUT2D eigenvalue weighted by atomic mass is 16.4. The van der Waals surface area contributed by atoms with E-state index in [1.165, 1.54) is 25.7 Å². The lowest BCUT2D eigenvalue weighted by Gasteiger charge is -1.94. The summed E-state index contributed by atoms with van der Waals surface area (Å²) in [4.78, 5) is 19.1. The molecule has 0 fully saturated rings. The van der Waals surface area contributed by atoms with Crippen LogP contribution in [0.1, 0.15) is 25.7 Å². The Morgan fingerprint density at radius 2 is 1.25 bits per heavy atom. The van der Waals surface area contributed by atoms with Crippen molar-refractivity contribution in [2.24, 2.45) is 0 Å². The van der Waals surface area contributed by atoms with Gasteiger partial charge < -0.3 is 10.2 Å². The smallest absolute Gasteiger partial charge is 0.328 e. The zero-order valence-electron chi connectivity index (χ0n) is 9.00. The minimum absolute atomic E-state index is 0.558. The van der Waals surface area contributed by atoms with E-state index in [9.17, 15) is 9.59 Å². The number of hydrogen-bond acceptors (Lipinski definition) is 2. The van der Waals surface area contributed by atoms with Gasteiger partial charge in [-0.1, -0.05) is 24.3 Å². The Kier molecular flexibility index (Phi) is 8.59. The Morgan fingerprint density at radius 1 is 0.875 bits per heavy atom. The van der Waals surface area contributed by atoms with Crippen molar-refractivity contribution in [1.82, 2.24) is 0 Å². The summed E-state index contributed by atoms with van der Waals surface area (Å²) >= 11 is 0. The molecule has 0 saturated carbocycles. The van der Waals surface area contributed by atoms with Crippen molar-refractivity contribution < 1.29 is 19.8 Å². The lowest BCUT2D eigenvalue weighted by atomic mass is 10.1. The molecule has 1 aliphatic rings. The number of carbonyl (C=O) groups is 2. The van der Waals surface area contributed by atoms with E-state index in [1.54, 1.807) is 0 Å². The van der Waals surface area contributed by atoms with Crippen molar-refractivity contribution in [2.75, 3.05) is 0 Å². The van der Waals surface area contributed by atoms with E-state index in [2.05, 4.69) is 24.3 Å². The molecule has 88 valence electrons. The van der Waals surface area contributed by atoms with Crippen molar-refractivity contribution in [2.45, 2.75) is 25.7 Å². The summed E-state index contributed by atoms with van der Waals surface area (Å²) in [5.74, 6) is -2.51. The van der Waals surface area contributed by atoms with Gasteiger partial charge in [-0.25, -0.2) is 9.59 Å². The van der Waals surface area contributed by atoms with Crippen LogP contribution in [0, 0.1) is 0 Å². The van der Waals surface area contributed by atoms with Crippen LogP contribution >= 0.6 is 0 Å². The molecule has 0 atom stereocenters. The van der Waals surface area contributed by atoms with Gasteiger partial charge in [0.15, 0.2) is 0 Å². The first-order valence-corrected chi connectivity index (χ1v) is 5.08. The SMILES string of the molecule is C1=C\CCCC\C=C/1.O=C(O)C=CC(=O)O. The maximum atomic E-state index is 9.55. The topological polar surface area (TPSA) is 74.6 Å². The first-order chi connectivity index (χ1) is 7.63. The summed E-state index contributed by atoms with van der Waals surface area (Å²) in [6, 6.07) is 0. The second-order valence-electron chi connectivity index (χ2n) is 3.15. The van der Waals surface area contributed by atoms with Crippen LogP contribution in [0.5, 0.6) is 0 Å². The average molecular weight is 224 g/mol. The summed E-state index contributed by atoms with van der Waals surface area (Å²) in [6.45, 7) is 0. The molecule has 0 radical (unpaired) electrons. The Hall–Kier alpha value is -1.84. The molecule has 4 nitrogen and oxygen atoms in total. The van der Waals surface area contributed by atoms with E-state index in [-0.39, 0.29) is 0 Å². The highest BCUT2D eigenvalue weighted by Gasteiger charge is 1.88. The van der Waals surface area contributed by atoms with E-state index in [1.807, 2.05) is 0 Å². The number of carboxylic acids is 2. The molecule has 0 spiro atoms. The fourth-order valence-corrected chi connectivity index (χ4v) is 1.02. The Balaban J connectivity index is 0.000000281. The van der Waals surface area contributed by atoms with Crippen molar-refractivity contribution in [3.63, 3.8) is 0 Å². The van der Waals surface area contributed by atoms with Crippen LogP contribution in [0.15, 0.2) is 36.5 Å². The van der Waals surface area contributed by atoms with E-state index in [0.29, 0.717) is 12.2 Å². The van der Waals surface area contributed by atoms with E-state index in [0.717, 1.165) is 0 Å². The van der Waals surface area contributed by atoms with Gasteiger partial charge in [0.1, 0.15) is 0 Å². The predicted molar refractivity (Wildman–Crippen MR) is 61.2 cm³/mol. The van der Waals surface area contributed by atoms with Gasteiger partial charge in [0.25, 0.3) is 0 Å². The molecule has 1 rings (SSSR count). The fourth-order valence-electron chi connectivity index (χ4n) is 1.02. The monoisotopic (exact) mass is 224 g/mol. The third-order valence-corrected chi connectivity index (χ3v) is 1.74. The fraction of sp³-hybridized carbons (Fsp3) is 0.333. The Labute approximate surface area is 94.6 Å². The molecule has 16 heavy (non-hydrogen) atoms. The van der Waals surface area contributed by atoms with Gasteiger partial charge in [0, 0.05) is 12.2 Å². The Morgan fingerprint density at radius 3 is 1.56 bits per heavy atom. The van der Waals surface area contributed by atoms with Crippen LogP contribution in [0.2, 0.25) is 0 Å². The van der Waals surface area contributed by atoms with Crippen molar-refractivity contribution in [3.8, 4) is 0 Å². The van der Waals surface area contributed by atoms with Gasteiger partial charge in [0.05, 0.1) is 0 Å². The number of rotatable bonds is 2. The van der Waals surface area contributed by atoms with E-state index < -0.39 is 11.9 Å². The maximum absolute atomic E-state index is 9.55. The molecule has 4 heteroatoms. The normalized spacial score (nSPS) is 18.8. The molecule has 0 unspecified atom stereocenters. The molecular formula is C12H16O4. The third-order valence-electron chi connectivity index (χ3n) is 1.74. The maximum Gasteiger partial charge on any atom is 0.328 e. The average Bonchev–Trinajstić information content (AvgIpc) is 2.14. The molecule has 0 aromatic heterocycles. The number of aliphatic carboxylic acids is 2. The first kappa shape index (κ1) is 14.2. The molecule has 0 amide bonds. The van der Waals surface area contributed by atoms with Gasteiger partial charge in [-0.15, -0.1) is 0 Å². The van der Waals surface area contributed by atoms with Gasteiger partial charge >= 0.3 is 11.9 Å². The van der Waals surface area contributed by atoms with Crippen LogP contribution in [0.25, 0.3) is 0 Å². The van der Waals surface area contributed by atoms with Crippen LogP contribution in [-0.4, -0.2) is 22.2 Å². The molecule has 0 aliphatic heterocycles. The molecule has 0 aromatic carbocycles. The van der Waals surface area contributed by atoms with Crippen molar-refractivity contribution >= 4 is 11.9 Å². The van der Waals surface area contributed by atoms with Crippen molar-refractivity contribution in [3.05, 3.63) is 36.5 Å². The zero-order chi connectivity index (χ0) is 12.2. The van der Waals surface area contributed by atoms with E-state index >= 15 is 0 Å². The second kappa shape index (κ2) is 9.71. The van der Waals surface area contributed by atoms with Gasteiger partial charge in [0.2, 0.25) is 0 Å². The summed E-state index contributed by atoms with van der Waals surface area (Å²) < 4.78 is 0. The quantitative estimate of drug-likeness (QED) is 0.706. The van der Waals surface area contributed by atoms with Gasteiger partial charge in [-0.05, 0) is 25.7 Å². The molecule has 1 aliphatic carbocycles. The summed E-state index contributed by atoms with van der Waals surface area (Å²) in [7, 11) is 0. The number of hydrogen-bond donors (Lipinski definition) is 2. The van der Waals surface area contributed by atoms with Crippen LogP contribution in [-0.2, 0) is 9.59 Å². The predicted octanol–water partition coefficient (Wildman–Crippen LogP) is 2.38. The molecule has 0 saturated heterocycles. The van der Waals surface area contributed by atoms with Gasteiger partial charge in [-0.3, -0.25) is 0 Å². The molecule has 2 N–H and O–H groups in total. The zero-order valence-corrected chi connectivity index (χ0v) is 9.00. The molecule has 0 aromatic rings. The van der Waals surface area contributed by atoms with Crippen molar-refractivity contribution in [1.29, 1.82) is 0 Å². The number of allylic oxidation sites excluding steroid dienone is 4. The summed E-state index contributed by atoms with van der Waals surface area (Å²) in [5.41, 5.74) is 0. The summed E-state index contributed by atoms with van der Waals surface area (Å²) in [6.07, 6.45) is 15.1. The Bertz CT molecular complexity index is 270. The number of carboxylic acid groups (broad SMARTS) is 2. The lowest BCUT2D eigenvalue weighted by Crippen LogP contribution is -1.91. The third kappa shape index (κ3) is 12.2. The standard InChI is InChI=1S/C8H12.C4H4O4/c1-2-4-6-8-7-5-3-1;5-3(6)1-2-4(7)8/h1-4H,5-8H2;1-2H,(H,5,6)(H,7,8)/b3-1-,4-2-;. The van der Waals surface area contributed by atoms with E-state index in [4.69, 9.17) is 10.2 Å². The second-order valence-corrected chi connectivity index (χ2v) is 3.15. The lowest BCUT2D eigenvalue weighted by molar-refractivity contribution is -0.134. The summed E-state index contributed by atoms with van der Waals surface area (Å²) in [5, 5.41) is 15.6. The molecule has 0 bridgehead atoms. The minimum atomic E-state index is -1.26. The molecule has 0 heterocycles. The highest BCUT2D eigenvalue weighted by Crippen LogP contribution is 2.04. The van der Waals surface area contributed by atoms with Gasteiger partial charge in [-0.2, -0.15) is 0 Å². The van der Waals surface area contributed by atoms with Crippen LogP contribution in [0.3, 0.4) is 0 Å².